The molecular formula is C100H83NO9. The van der Waals surface area contributed by atoms with Gasteiger partial charge in [-0.3, -0.25) is 0 Å². The fraction of sp³-hybridized carbons (Fsp3) is 0.160. The third kappa shape index (κ3) is 12.0. The Morgan fingerprint density at radius 3 is 1.01 bits per heavy atom. The van der Waals surface area contributed by atoms with Gasteiger partial charge in [-0.1, -0.05) is 212 Å². The van der Waals surface area contributed by atoms with Gasteiger partial charge in [-0.25, -0.2) is 0 Å². The molecule has 14 aromatic rings. The second-order valence-corrected chi connectivity index (χ2v) is 28.6. The first-order valence-corrected chi connectivity index (χ1v) is 37.8. The minimum atomic E-state index is -0.795. The summed E-state index contributed by atoms with van der Waals surface area (Å²) >= 11 is 0. The van der Waals surface area contributed by atoms with Gasteiger partial charge in [0.05, 0.1) is 48.8 Å². The lowest BCUT2D eigenvalue weighted by Crippen LogP contribution is -2.37. The Bertz CT molecular complexity index is 5790. The highest BCUT2D eigenvalue weighted by atomic mass is 16.5. The van der Waals surface area contributed by atoms with E-state index in [1.54, 1.807) is 35.5 Å². The Labute approximate surface area is 642 Å². The predicted octanol–water partition coefficient (Wildman–Crippen LogP) is 22.0. The second kappa shape index (κ2) is 29.1. The fourth-order valence-electron chi connectivity index (χ4n) is 17.3. The summed E-state index contributed by atoms with van der Waals surface area (Å²) < 4.78 is 54.4. The van der Waals surface area contributed by atoms with Crippen LogP contribution in [0.25, 0.3) is 72.8 Å². The first-order chi connectivity index (χ1) is 54.2. The van der Waals surface area contributed by atoms with Crippen LogP contribution in [0.3, 0.4) is 0 Å². The molecule has 10 heteroatoms. The zero-order chi connectivity index (χ0) is 74.3. The molecule has 1 atom stereocenters. The molecule has 20 rings (SSSR count). The van der Waals surface area contributed by atoms with Gasteiger partial charge in [0.25, 0.3) is 0 Å². The first-order valence-electron chi connectivity index (χ1n) is 37.8. The molecule has 4 aliphatic heterocycles. The SMILES string of the molecule is COc1ccc(C2(c3ccc(OC)cc3)C=Cc3c(c4c(c5ccccc35)-c3ccccc3CC4)O2)cc1.COc1ccc(C2(c3ccc(OC)cc3)C=Cc3c(cc(N4CCOCC4)c4ccccc34)O2)cc1.COc1ccc(C2(c3ccccc3)C=Cc3c(c4c(c5ccccc35)-c3ccccc3CC4)O2)cc1. The number of methoxy groups -OCH3 is 5. The van der Waals surface area contributed by atoms with E-state index in [1.807, 2.05) is 60.7 Å². The summed E-state index contributed by atoms with van der Waals surface area (Å²) in [7, 11) is 8.44. The molecule has 0 spiro atoms. The molecule has 4 heterocycles. The van der Waals surface area contributed by atoms with Gasteiger partial charge < -0.3 is 47.5 Å². The zero-order valence-corrected chi connectivity index (χ0v) is 62.3. The Kier molecular flexibility index (Phi) is 18.2. The van der Waals surface area contributed by atoms with Gasteiger partial charge in [0, 0.05) is 91.4 Å². The number of fused-ring (bicyclic) bond motifs is 19. The topological polar surface area (TPSA) is 86.3 Å². The maximum atomic E-state index is 7.29. The van der Waals surface area contributed by atoms with Crippen molar-refractivity contribution in [3.63, 3.8) is 0 Å². The van der Waals surface area contributed by atoms with E-state index < -0.39 is 16.8 Å². The van der Waals surface area contributed by atoms with E-state index in [4.69, 9.17) is 42.6 Å². The largest absolute Gasteiger partial charge is 0.497 e. The molecule has 110 heavy (non-hydrogen) atoms. The number of rotatable bonds is 12. The van der Waals surface area contributed by atoms with Crippen molar-refractivity contribution in [1.82, 2.24) is 0 Å². The summed E-state index contributed by atoms with van der Waals surface area (Å²) in [4.78, 5) is 2.40. The van der Waals surface area contributed by atoms with Gasteiger partial charge in [0.15, 0.2) is 16.8 Å². The smallest absolute Gasteiger partial charge is 0.178 e. The van der Waals surface area contributed by atoms with Crippen LogP contribution in [0.1, 0.15) is 72.3 Å². The summed E-state index contributed by atoms with van der Waals surface area (Å²) in [6.45, 7) is 3.18. The molecule has 2 aliphatic carbocycles. The van der Waals surface area contributed by atoms with Gasteiger partial charge in [-0.15, -0.1) is 0 Å². The molecule has 1 saturated heterocycles. The second-order valence-electron chi connectivity index (χ2n) is 28.6. The summed E-state index contributed by atoms with van der Waals surface area (Å²) in [5.74, 6) is 6.93. The minimum Gasteiger partial charge on any atom is -0.497 e. The summed E-state index contributed by atoms with van der Waals surface area (Å²) in [6.07, 6.45) is 17.3. The van der Waals surface area contributed by atoms with Crippen molar-refractivity contribution < 1.29 is 42.6 Å². The van der Waals surface area contributed by atoms with E-state index in [9.17, 15) is 0 Å². The Morgan fingerprint density at radius 2 is 0.618 bits per heavy atom. The molecule has 0 aromatic heterocycles. The lowest BCUT2D eigenvalue weighted by Gasteiger charge is -2.39. The highest BCUT2D eigenvalue weighted by molar-refractivity contribution is 6.08. The number of benzene rings is 14. The number of ether oxygens (including phenoxy) is 9. The highest BCUT2D eigenvalue weighted by Crippen LogP contribution is 2.55. The molecule has 1 unspecified atom stereocenters. The molecule has 1 fully saturated rings. The lowest BCUT2D eigenvalue weighted by atomic mass is 9.78. The van der Waals surface area contributed by atoms with Crippen molar-refractivity contribution in [3.05, 3.63) is 370 Å². The van der Waals surface area contributed by atoms with Crippen LogP contribution < -0.4 is 42.8 Å². The Balaban J connectivity index is 0.000000116. The summed E-state index contributed by atoms with van der Waals surface area (Å²) in [5, 5.41) is 7.44. The van der Waals surface area contributed by atoms with Crippen molar-refractivity contribution >= 4 is 56.2 Å². The quantitative estimate of drug-likeness (QED) is 0.118. The van der Waals surface area contributed by atoms with Crippen molar-refractivity contribution in [2.75, 3.05) is 66.8 Å². The number of hydrogen-bond donors (Lipinski definition) is 0. The van der Waals surface area contributed by atoms with Gasteiger partial charge in [-0.05, 0) is 183 Å². The van der Waals surface area contributed by atoms with E-state index >= 15 is 0 Å². The lowest BCUT2D eigenvalue weighted by molar-refractivity contribution is 0.122. The van der Waals surface area contributed by atoms with Gasteiger partial charge in [-0.2, -0.15) is 0 Å². The molecule has 542 valence electrons. The molecule has 0 radical (unpaired) electrons. The standard InChI is InChI=1S/C35H28O3.C34H26O2.C31H29NO4/c1-36-26-16-12-24(13-17-26)35(25-14-18-27(37-2)19-15-25)22-21-31-29-9-5-6-10-30(29)33-28-8-4-3-7-23(28)11-20-32(33)34(31)38-35;1-35-26-18-16-25(17-19-26)34(24-10-3-2-4-11-24)22-21-30-28-13-7-8-14-29(28)32-27-12-6-5-9-23(27)15-20-31(32)33(30)36-34;1-33-24-11-7-22(8-12-24)31(23-9-13-25(34-2)14-10-23)16-15-28-26-5-3-4-6-27(26)29(21-30(28)36-31)32-17-19-35-20-18-32/h3-10,12-19,21-22H,11,20H2,1-2H3;2-14,16-19,21-22H,15,20H2,1H3;3-16,21H,17-20H2,1-2H3. The molecule has 10 nitrogen and oxygen atoms in total. The minimum absolute atomic E-state index is 0.728. The fourth-order valence-corrected chi connectivity index (χ4v) is 17.3. The van der Waals surface area contributed by atoms with Crippen molar-refractivity contribution in [2.24, 2.45) is 0 Å². The van der Waals surface area contributed by atoms with Gasteiger partial charge >= 0.3 is 0 Å². The molecule has 0 N–H and O–H groups in total. The van der Waals surface area contributed by atoms with Crippen LogP contribution in [0, 0.1) is 0 Å². The molecule has 0 saturated carbocycles. The van der Waals surface area contributed by atoms with Crippen LogP contribution in [0.15, 0.2) is 297 Å². The third-order valence-corrected chi connectivity index (χ3v) is 22.9. The van der Waals surface area contributed by atoms with E-state index in [1.165, 1.54) is 88.1 Å². The van der Waals surface area contributed by atoms with Crippen LogP contribution in [-0.4, -0.2) is 61.9 Å². The molecular weight excluding hydrogens is 1360 g/mol. The number of anilines is 1. The van der Waals surface area contributed by atoms with Crippen LogP contribution in [0.4, 0.5) is 5.69 Å². The summed E-state index contributed by atoms with van der Waals surface area (Å²) in [5.41, 5.74) is 19.3. The number of nitrogens with zero attached hydrogens (tertiary/aromatic N) is 1. The van der Waals surface area contributed by atoms with Crippen LogP contribution in [0.2, 0.25) is 0 Å². The van der Waals surface area contributed by atoms with Crippen LogP contribution in [0.5, 0.6) is 46.0 Å². The average Bonchev–Trinajstić information content (AvgIpc) is 0.741. The van der Waals surface area contributed by atoms with Crippen LogP contribution >= 0.6 is 0 Å². The first kappa shape index (κ1) is 69.0. The van der Waals surface area contributed by atoms with E-state index in [0.717, 1.165) is 142 Å². The van der Waals surface area contributed by atoms with Crippen molar-refractivity contribution in [3.8, 4) is 68.2 Å². The van der Waals surface area contributed by atoms with E-state index in [0.29, 0.717) is 0 Å². The van der Waals surface area contributed by atoms with E-state index in [-0.39, 0.29) is 0 Å². The zero-order valence-electron chi connectivity index (χ0n) is 62.3. The summed E-state index contributed by atoms with van der Waals surface area (Å²) in [6, 6.07) is 97.2. The maximum Gasteiger partial charge on any atom is 0.178 e. The molecule has 0 amide bonds. The van der Waals surface area contributed by atoms with Crippen molar-refractivity contribution in [2.45, 2.75) is 42.5 Å². The number of morpholine rings is 1. The third-order valence-electron chi connectivity index (χ3n) is 22.9. The number of hydrogen-bond acceptors (Lipinski definition) is 10. The highest BCUT2D eigenvalue weighted by Gasteiger charge is 2.43. The Morgan fingerprint density at radius 1 is 0.300 bits per heavy atom. The molecule has 14 aromatic carbocycles. The molecule has 6 aliphatic rings. The van der Waals surface area contributed by atoms with Gasteiger partial charge in [0.1, 0.15) is 46.0 Å². The predicted molar refractivity (Wildman–Crippen MR) is 443 cm³/mol. The van der Waals surface area contributed by atoms with Crippen LogP contribution in [-0.2, 0) is 47.2 Å². The normalized spacial score (nSPS) is 16.2. The number of aryl methyl sites for hydroxylation is 2. The van der Waals surface area contributed by atoms with Crippen molar-refractivity contribution in [1.29, 1.82) is 0 Å². The Hall–Kier alpha value is -12.8. The van der Waals surface area contributed by atoms with E-state index in [2.05, 4.69) is 260 Å². The average molecular weight is 1440 g/mol. The molecule has 0 bridgehead atoms. The monoisotopic (exact) mass is 1440 g/mol. The van der Waals surface area contributed by atoms with Gasteiger partial charge in [0.2, 0.25) is 0 Å². The maximum absolute atomic E-state index is 7.29.